The number of para-hydroxylation sites is 1. The summed E-state index contributed by atoms with van der Waals surface area (Å²) in [5.41, 5.74) is 0.421. The summed E-state index contributed by atoms with van der Waals surface area (Å²) in [7, 11) is -2.04. The molecule has 6 nitrogen and oxygen atoms in total. The van der Waals surface area contributed by atoms with Gasteiger partial charge in [-0.1, -0.05) is 30.7 Å². The van der Waals surface area contributed by atoms with Crippen molar-refractivity contribution in [1.29, 1.82) is 0 Å². The highest BCUT2D eigenvalue weighted by molar-refractivity contribution is 7.89. The van der Waals surface area contributed by atoms with Gasteiger partial charge in [0.1, 0.15) is 22.0 Å². The van der Waals surface area contributed by atoms with Gasteiger partial charge in [-0.3, -0.25) is 4.90 Å². The number of benzene rings is 2. The molecule has 0 unspecified atom stereocenters. The van der Waals surface area contributed by atoms with Gasteiger partial charge in [-0.2, -0.15) is 4.31 Å². The smallest absolute Gasteiger partial charge is 0.247 e. The maximum atomic E-state index is 13.6. The van der Waals surface area contributed by atoms with Crippen molar-refractivity contribution in [3.05, 3.63) is 54.1 Å². The molecule has 7 heteroatoms. The zero-order valence-corrected chi connectivity index (χ0v) is 18.1. The van der Waals surface area contributed by atoms with E-state index in [-0.39, 0.29) is 4.90 Å². The summed E-state index contributed by atoms with van der Waals surface area (Å²) >= 11 is 0. The molecule has 2 aliphatic heterocycles. The fourth-order valence-electron chi connectivity index (χ4n) is 4.79. The number of fused-ring (bicyclic) bond motifs is 1. The van der Waals surface area contributed by atoms with Gasteiger partial charge in [-0.25, -0.2) is 8.42 Å². The average molecular weight is 429 g/mol. The molecule has 2 aromatic carbocycles. The van der Waals surface area contributed by atoms with Crippen molar-refractivity contribution in [1.82, 2.24) is 9.21 Å². The highest BCUT2D eigenvalue weighted by atomic mass is 32.2. The Hall–Kier alpha value is -2.09. The fraction of sp³-hybridized carbons (Fsp3) is 0.478. The van der Waals surface area contributed by atoms with Gasteiger partial charge < -0.3 is 9.47 Å². The Labute approximate surface area is 178 Å². The molecule has 0 aromatic heterocycles. The zero-order valence-electron chi connectivity index (χ0n) is 17.3. The summed E-state index contributed by atoms with van der Waals surface area (Å²) < 4.78 is 40.5. The van der Waals surface area contributed by atoms with Gasteiger partial charge in [-0.05, 0) is 42.7 Å². The molecular formula is C23H28N2O4S. The van der Waals surface area contributed by atoms with E-state index in [4.69, 9.17) is 9.47 Å². The number of methoxy groups -OCH3 is 1. The first kappa shape index (κ1) is 19.8. The Kier molecular flexibility index (Phi) is 5.00. The molecule has 2 fully saturated rings. The van der Waals surface area contributed by atoms with Gasteiger partial charge in [0.2, 0.25) is 10.0 Å². The SMILES string of the molecule is COc1ccc(CN2C[C@]3(CCN(C4CCC4)C3)Oc3ccccc3S2(=O)=O)cc1. The number of sulfonamides is 1. The maximum absolute atomic E-state index is 13.6. The second kappa shape index (κ2) is 7.55. The van der Waals surface area contributed by atoms with Gasteiger partial charge in [0.15, 0.2) is 0 Å². The van der Waals surface area contributed by atoms with E-state index in [9.17, 15) is 8.42 Å². The molecule has 0 radical (unpaired) electrons. The van der Waals surface area contributed by atoms with Crippen LogP contribution in [-0.4, -0.2) is 56.0 Å². The van der Waals surface area contributed by atoms with Crippen molar-refractivity contribution in [2.45, 2.75) is 48.8 Å². The van der Waals surface area contributed by atoms with E-state index in [1.165, 1.54) is 19.3 Å². The molecule has 1 saturated carbocycles. The van der Waals surface area contributed by atoms with Crippen molar-refractivity contribution in [3.8, 4) is 11.5 Å². The monoisotopic (exact) mass is 428 g/mol. The quantitative estimate of drug-likeness (QED) is 0.748. The largest absolute Gasteiger partial charge is 0.497 e. The molecular weight excluding hydrogens is 400 g/mol. The molecule has 5 rings (SSSR count). The first-order valence-electron chi connectivity index (χ1n) is 10.6. The van der Waals surface area contributed by atoms with E-state index in [1.54, 1.807) is 29.6 Å². The molecule has 2 aromatic rings. The Balaban J connectivity index is 1.49. The molecule has 1 aliphatic carbocycles. The van der Waals surface area contributed by atoms with Crippen LogP contribution in [0.4, 0.5) is 0 Å². The van der Waals surface area contributed by atoms with Crippen LogP contribution in [0.5, 0.6) is 11.5 Å². The van der Waals surface area contributed by atoms with Crippen molar-refractivity contribution >= 4 is 10.0 Å². The van der Waals surface area contributed by atoms with Crippen LogP contribution < -0.4 is 9.47 Å². The van der Waals surface area contributed by atoms with Gasteiger partial charge in [-0.15, -0.1) is 0 Å². The minimum Gasteiger partial charge on any atom is -0.497 e. The van der Waals surface area contributed by atoms with Crippen molar-refractivity contribution < 1.29 is 17.9 Å². The van der Waals surface area contributed by atoms with E-state index >= 15 is 0 Å². The summed E-state index contributed by atoms with van der Waals surface area (Å²) in [6, 6.07) is 15.3. The Bertz CT molecular complexity index is 1020. The Morgan fingerprint density at radius 3 is 2.57 bits per heavy atom. The molecule has 0 N–H and O–H groups in total. The highest BCUT2D eigenvalue weighted by Gasteiger charge is 2.49. The van der Waals surface area contributed by atoms with E-state index in [1.807, 2.05) is 30.3 Å². The Morgan fingerprint density at radius 2 is 1.87 bits per heavy atom. The average Bonchev–Trinajstić information content (AvgIpc) is 3.06. The number of likely N-dealkylation sites (tertiary alicyclic amines) is 1. The summed E-state index contributed by atoms with van der Waals surface area (Å²) in [6.45, 7) is 2.42. The lowest BCUT2D eigenvalue weighted by molar-refractivity contribution is 0.0445. The first-order valence-corrected chi connectivity index (χ1v) is 12.1. The number of nitrogens with zero attached hydrogens (tertiary/aromatic N) is 2. The van der Waals surface area contributed by atoms with Gasteiger partial charge in [0, 0.05) is 32.1 Å². The number of hydrogen-bond acceptors (Lipinski definition) is 5. The van der Waals surface area contributed by atoms with Gasteiger partial charge >= 0.3 is 0 Å². The lowest BCUT2D eigenvalue weighted by Gasteiger charge is -2.37. The number of rotatable bonds is 4. The molecule has 1 saturated heterocycles. The number of hydrogen-bond donors (Lipinski definition) is 0. The summed E-state index contributed by atoms with van der Waals surface area (Å²) in [5.74, 6) is 1.24. The van der Waals surface area contributed by atoms with E-state index in [0.29, 0.717) is 24.9 Å². The van der Waals surface area contributed by atoms with Crippen LogP contribution in [0.25, 0.3) is 0 Å². The Morgan fingerprint density at radius 1 is 1.10 bits per heavy atom. The van der Waals surface area contributed by atoms with Gasteiger partial charge in [0.25, 0.3) is 0 Å². The molecule has 2 heterocycles. The molecule has 30 heavy (non-hydrogen) atoms. The third kappa shape index (κ3) is 3.49. The highest BCUT2D eigenvalue weighted by Crippen LogP contribution is 2.41. The van der Waals surface area contributed by atoms with Crippen LogP contribution in [0.15, 0.2) is 53.4 Å². The molecule has 3 aliphatic rings. The summed E-state index contributed by atoms with van der Waals surface area (Å²) in [6.07, 6.45) is 4.60. The lowest BCUT2D eigenvalue weighted by atomic mass is 9.91. The topological polar surface area (TPSA) is 59.1 Å². The third-order valence-electron chi connectivity index (χ3n) is 6.71. The van der Waals surface area contributed by atoms with Crippen LogP contribution in [0, 0.1) is 0 Å². The normalized spacial score (nSPS) is 26.6. The predicted molar refractivity (Wildman–Crippen MR) is 114 cm³/mol. The predicted octanol–water partition coefficient (Wildman–Crippen LogP) is 3.28. The molecule has 0 bridgehead atoms. The van der Waals surface area contributed by atoms with Crippen molar-refractivity contribution in [2.75, 3.05) is 26.7 Å². The standard InChI is InChI=1S/C23H28N2O4S/c1-28-20-11-9-18(10-12-20)15-25-17-23(13-14-24(16-23)19-5-4-6-19)29-21-7-2-3-8-22(21)30(25,26)27/h2-3,7-12,19H,4-6,13-17H2,1H3/t23-/m1/s1. The minimum absolute atomic E-state index is 0.262. The van der Waals surface area contributed by atoms with Crippen LogP contribution in [0.1, 0.15) is 31.2 Å². The van der Waals surface area contributed by atoms with Crippen LogP contribution in [-0.2, 0) is 16.6 Å². The maximum Gasteiger partial charge on any atom is 0.247 e. The van der Waals surface area contributed by atoms with Crippen molar-refractivity contribution in [3.63, 3.8) is 0 Å². The molecule has 1 atom stereocenters. The van der Waals surface area contributed by atoms with E-state index in [2.05, 4.69) is 4.90 Å². The summed E-state index contributed by atoms with van der Waals surface area (Å²) in [5, 5.41) is 0. The second-order valence-corrected chi connectivity index (χ2v) is 10.6. The molecule has 1 spiro atoms. The molecule has 0 amide bonds. The number of ether oxygens (including phenoxy) is 2. The third-order valence-corrected chi connectivity index (χ3v) is 8.54. The zero-order chi connectivity index (χ0) is 20.8. The second-order valence-electron chi connectivity index (χ2n) is 8.66. The lowest BCUT2D eigenvalue weighted by Crippen LogP contribution is -2.50. The summed E-state index contributed by atoms with van der Waals surface area (Å²) in [4.78, 5) is 2.76. The minimum atomic E-state index is -3.67. The van der Waals surface area contributed by atoms with Gasteiger partial charge in [0.05, 0.1) is 13.7 Å². The van der Waals surface area contributed by atoms with Crippen LogP contribution in [0.3, 0.4) is 0 Å². The first-order chi connectivity index (χ1) is 14.5. The van der Waals surface area contributed by atoms with Crippen molar-refractivity contribution in [2.24, 2.45) is 0 Å². The van der Waals surface area contributed by atoms with Crippen LogP contribution in [0.2, 0.25) is 0 Å². The van der Waals surface area contributed by atoms with E-state index in [0.717, 1.165) is 30.8 Å². The molecule has 160 valence electrons. The van der Waals surface area contributed by atoms with Crippen LogP contribution >= 0.6 is 0 Å². The fourth-order valence-corrected chi connectivity index (χ4v) is 6.40. The van der Waals surface area contributed by atoms with E-state index < -0.39 is 15.6 Å².